The molecule has 3 nitrogen and oxygen atoms in total. The predicted molar refractivity (Wildman–Crippen MR) is 61.8 cm³/mol. The number of thiazole rings is 1. The Kier molecular flexibility index (Phi) is 2.39. The van der Waals surface area contributed by atoms with Gasteiger partial charge in [0, 0.05) is 26.3 Å². The van der Waals surface area contributed by atoms with Crippen LogP contribution in [0.4, 0.5) is 5.69 Å². The molecular weight excluding hydrogens is 194 g/mol. The van der Waals surface area contributed by atoms with Crippen molar-refractivity contribution in [1.29, 1.82) is 0 Å². The van der Waals surface area contributed by atoms with Crippen molar-refractivity contribution in [3.8, 4) is 0 Å². The number of hydrogen-bond acceptors (Lipinski definition) is 4. The van der Waals surface area contributed by atoms with E-state index >= 15 is 0 Å². The maximum absolute atomic E-state index is 5.55. The summed E-state index contributed by atoms with van der Waals surface area (Å²) in [6.07, 6.45) is 0. The Bertz CT molecular complexity index is 448. The SMILES string of the molecule is CN(C)c1ccc2sc(CN)nc2c1. The minimum atomic E-state index is 0.524. The van der Waals surface area contributed by atoms with Crippen molar-refractivity contribution in [1.82, 2.24) is 4.98 Å². The summed E-state index contributed by atoms with van der Waals surface area (Å²) in [7, 11) is 4.05. The van der Waals surface area contributed by atoms with E-state index < -0.39 is 0 Å². The molecule has 0 saturated carbocycles. The molecule has 0 saturated heterocycles. The van der Waals surface area contributed by atoms with Gasteiger partial charge in [-0.3, -0.25) is 0 Å². The van der Waals surface area contributed by atoms with E-state index in [1.807, 2.05) is 14.1 Å². The van der Waals surface area contributed by atoms with Gasteiger partial charge in [0.05, 0.1) is 10.2 Å². The van der Waals surface area contributed by atoms with E-state index in [4.69, 9.17) is 5.73 Å². The van der Waals surface area contributed by atoms with Crippen LogP contribution in [0.1, 0.15) is 5.01 Å². The van der Waals surface area contributed by atoms with E-state index in [1.165, 1.54) is 10.4 Å². The van der Waals surface area contributed by atoms with E-state index in [9.17, 15) is 0 Å². The molecule has 0 aliphatic heterocycles. The standard InChI is InChI=1S/C10H13N3S/c1-13(2)7-3-4-9-8(5-7)12-10(6-11)14-9/h3-5H,6,11H2,1-2H3. The molecule has 74 valence electrons. The van der Waals surface area contributed by atoms with Gasteiger partial charge in [-0.15, -0.1) is 11.3 Å². The second-order valence-electron chi connectivity index (χ2n) is 3.36. The first-order valence-corrected chi connectivity index (χ1v) is 5.29. The highest BCUT2D eigenvalue weighted by atomic mass is 32.1. The van der Waals surface area contributed by atoms with Gasteiger partial charge in [-0.1, -0.05) is 0 Å². The maximum atomic E-state index is 5.55. The third-order valence-corrected chi connectivity index (χ3v) is 3.17. The highest BCUT2D eigenvalue weighted by molar-refractivity contribution is 7.18. The van der Waals surface area contributed by atoms with Crippen LogP contribution in [0, 0.1) is 0 Å². The highest BCUT2D eigenvalue weighted by Gasteiger charge is 2.03. The maximum Gasteiger partial charge on any atom is 0.107 e. The van der Waals surface area contributed by atoms with Gasteiger partial charge in [-0.25, -0.2) is 4.98 Å². The Balaban J connectivity index is 2.54. The lowest BCUT2D eigenvalue weighted by Gasteiger charge is -2.11. The van der Waals surface area contributed by atoms with E-state index in [0.29, 0.717) is 6.54 Å². The summed E-state index contributed by atoms with van der Waals surface area (Å²) in [6.45, 7) is 0.524. The van der Waals surface area contributed by atoms with Crippen LogP contribution in [0.25, 0.3) is 10.2 Å². The third-order valence-electron chi connectivity index (χ3n) is 2.11. The summed E-state index contributed by atoms with van der Waals surface area (Å²) in [5.41, 5.74) is 7.76. The van der Waals surface area contributed by atoms with Crippen LogP contribution in [0.5, 0.6) is 0 Å². The fourth-order valence-corrected chi connectivity index (χ4v) is 2.16. The zero-order valence-electron chi connectivity index (χ0n) is 8.32. The molecule has 0 radical (unpaired) electrons. The zero-order chi connectivity index (χ0) is 10.1. The lowest BCUT2D eigenvalue weighted by atomic mass is 10.3. The molecule has 0 atom stereocenters. The smallest absolute Gasteiger partial charge is 0.107 e. The molecule has 0 aliphatic carbocycles. The first-order valence-electron chi connectivity index (χ1n) is 4.47. The molecule has 1 aromatic carbocycles. The molecule has 4 heteroatoms. The number of hydrogen-bond donors (Lipinski definition) is 1. The summed E-state index contributed by atoms with van der Waals surface area (Å²) in [5.74, 6) is 0. The fourth-order valence-electron chi connectivity index (χ4n) is 1.33. The van der Waals surface area contributed by atoms with Crippen molar-refractivity contribution in [3.05, 3.63) is 23.2 Å². The van der Waals surface area contributed by atoms with Crippen molar-refractivity contribution in [2.24, 2.45) is 5.73 Å². The predicted octanol–water partition coefficient (Wildman–Crippen LogP) is 1.82. The molecule has 0 unspecified atom stereocenters. The second kappa shape index (κ2) is 3.55. The number of fused-ring (bicyclic) bond motifs is 1. The van der Waals surface area contributed by atoms with Crippen LogP contribution in [0.2, 0.25) is 0 Å². The Morgan fingerprint density at radius 2 is 2.21 bits per heavy atom. The fraction of sp³-hybridized carbons (Fsp3) is 0.300. The van der Waals surface area contributed by atoms with Crippen molar-refractivity contribution >= 4 is 27.2 Å². The van der Waals surface area contributed by atoms with Crippen molar-refractivity contribution < 1.29 is 0 Å². The zero-order valence-corrected chi connectivity index (χ0v) is 9.14. The first kappa shape index (κ1) is 9.43. The van der Waals surface area contributed by atoms with Gasteiger partial charge >= 0.3 is 0 Å². The van der Waals surface area contributed by atoms with Crippen LogP contribution in [0.3, 0.4) is 0 Å². The number of aromatic nitrogens is 1. The van der Waals surface area contributed by atoms with Gasteiger partial charge in [0.15, 0.2) is 0 Å². The van der Waals surface area contributed by atoms with Gasteiger partial charge in [0.25, 0.3) is 0 Å². The quantitative estimate of drug-likeness (QED) is 0.816. The Morgan fingerprint density at radius 1 is 1.43 bits per heavy atom. The lowest BCUT2D eigenvalue weighted by Crippen LogP contribution is -2.07. The Labute approximate surface area is 87.2 Å². The molecule has 2 aromatic rings. The van der Waals surface area contributed by atoms with Crippen molar-refractivity contribution in [2.75, 3.05) is 19.0 Å². The minimum absolute atomic E-state index is 0.524. The van der Waals surface area contributed by atoms with Gasteiger partial charge in [0.2, 0.25) is 0 Å². The normalized spacial score (nSPS) is 10.8. The van der Waals surface area contributed by atoms with Crippen LogP contribution in [-0.4, -0.2) is 19.1 Å². The van der Waals surface area contributed by atoms with Gasteiger partial charge in [0.1, 0.15) is 5.01 Å². The van der Waals surface area contributed by atoms with Crippen LogP contribution >= 0.6 is 11.3 Å². The van der Waals surface area contributed by atoms with E-state index in [1.54, 1.807) is 11.3 Å². The molecule has 1 aromatic heterocycles. The first-order chi connectivity index (χ1) is 6.70. The molecule has 0 spiro atoms. The molecule has 0 aliphatic rings. The number of benzene rings is 1. The number of nitrogens with two attached hydrogens (primary N) is 1. The van der Waals surface area contributed by atoms with Crippen molar-refractivity contribution in [3.63, 3.8) is 0 Å². The average molecular weight is 207 g/mol. The van der Waals surface area contributed by atoms with Gasteiger partial charge in [-0.05, 0) is 18.2 Å². The van der Waals surface area contributed by atoms with Gasteiger partial charge in [-0.2, -0.15) is 0 Å². The number of nitrogens with zero attached hydrogens (tertiary/aromatic N) is 2. The molecule has 14 heavy (non-hydrogen) atoms. The highest BCUT2D eigenvalue weighted by Crippen LogP contribution is 2.25. The summed E-state index contributed by atoms with van der Waals surface area (Å²) in [4.78, 5) is 6.51. The molecule has 2 rings (SSSR count). The molecule has 2 N–H and O–H groups in total. The second-order valence-corrected chi connectivity index (χ2v) is 4.47. The average Bonchev–Trinajstić information content (AvgIpc) is 2.58. The number of anilines is 1. The summed E-state index contributed by atoms with van der Waals surface area (Å²) in [5, 5.41) is 0.996. The summed E-state index contributed by atoms with van der Waals surface area (Å²) < 4.78 is 1.20. The summed E-state index contributed by atoms with van der Waals surface area (Å²) in [6, 6.07) is 6.29. The lowest BCUT2D eigenvalue weighted by molar-refractivity contribution is 1.05. The summed E-state index contributed by atoms with van der Waals surface area (Å²) >= 11 is 1.66. The van der Waals surface area contributed by atoms with Gasteiger partial charge < -0.3 is 10.6 Å². The largest absolute Gasteiger partial charge is 0.378 e. The monoisotopic (exact) mass is 207 g/mol. The molecule has 0 bridgehead atoms. The van der Waals surface area contributed by atoms with Crippen molar-refractivity contribution in [2.45, 2.75) is 6.54 Å². The Hall–Kier alpha value is -1.13. The number of rotatable bonds is 2. The van der Waals surface area contributed by atoms with Crippen LogP contribution in [0.15, 0.2) is 18.2 Å². The van der Waals surface area contributed by atoms with Crippen LogP contribution in [-0.2, 0) is 6.54 Å². The van der Waals surface area contributed by atoms with Crippen LogP contribution < -0.4 is 10.6 Å². The molecule has 0 fully saturated rings. The molecular formula is C10H13N3S. The molecule has 1 heterocycles. The van der Waals surface area contributed by atoms with E-state index in [2.05, 4.69) is 28.1 Å². The third kappa shape index (κ3) is 1.58. The minimum Gasteiger partial charge on any atom is -0.378 e. The van der Waals surface area contributed by atoms with E-state index in [0.717, 1.165) is 10.5 Å². The van der Waals surface area contributed by atoms with E-state index in [-0.39, 0.29) is 0 Å². The molecule has 0 amide bonds. The topological polar surface area (TPSA) is 42.1 Å². The Morgan fingerprint density at radius 3 is 2.86 bits per heavy atom.